The fourth-order valence-corrected chi connectivity index (χ4v) is 2.69. The SMILES string of the molecule is CC(C)CCCC(C)NC(=O)CSc1nc(C(F)(F)F)cc(=O)[nH]1. The molecule has 5 nitrogen and oxygen atoms in total. The summed E-state index contributed by atoms with van der Waals surface area (Å²) in [7, 11) is 0. The lowest BCUT2D eigenvalue weighted by Crippen LogP contribution is -2.34. The number of nitrogens with one attached hydrogen (secondary N) is 2. The van der Waals surface area contributed by atoms with Crippen LogP contribution in [-0.4, -0.2) is 27.7 Å². The molecule has 136 valence electrons. The lowest BCUT2D eigenvalue weighted by atomic mass is 10.0. The highest BCUT2D eigenvalue weighted by Gasteiger charge is 2.33. The molecule has 0 aliphatic heterocycles. The standard InChI is InChI=1S/C15H22F3N3O2S/c1-9(2)5-4-6-10(3)19-13(23)8-24-14-20-11(15(16,17)18)7-12(22)21-14/h7,9-10H,4-6,8H2,1-3H3,(H,19,23)(H,20,21,22). The first-order chi connectivity index (χ1) is 11.1. The van der Waals surface area contributed by atoms with Crippen molar-refractivity contribution in [2.24, 2.45) is 5.92 Å². The van der Waals surface area contributed by atoms with E-state index in [4.69, 9.17) is 0 Å². The molecule has 0 radical (unpaired) electrons. The maximum absolute atomic E-state index is 12.6. The van der Waals surface area contributed by atoms with Gasteiger partial charge in [0.15, 0.2) is 10.9 Å². The van der Waals surface area contributed by atoms with Crippen LogP contribution in [0.4, 0.5) is 13.2 Å². The highest BCUT2D eigenvalue weighted by Crippen LogP contribution is 2.27. The molecule has 1 aromatic rings. The monoisotopic (exact) mass is 365 g/mol. The Balaban J connectivity index is 2.50. The quantitative estimate of drug-likeness (QED) is 0.548. The Morgan fingerprint density at radius 2 is 2.00 bits per heavy atom. The number of halogens is 3. The lowest BCUT2D eigenvalue weighted by Gasteiger charge is -2.14. The Hall–Kier alpha value is -1.51. The summed E-state index contributed by atoms with van der Waals surface area (Å²) in [4.78, 5) is 28.6. The summed E-state index contributed by atoms with van der Waals surface area (Å²) in [6.07, 6.45) is -1.79. The fourth-order valence-electron chi connectivity index (χ4n) is 2.00. The van der Waals surface area contributed by atoms with E-state index in [1.807, 2.05) is 6.92 Å². The number of aromatic amines is 1. The summed E-state index contributed by atoms with van der Waals surface area (Å²) in [5.74, 6) is 0.183. The molecule has 0 saturated heterocycles. The number of H-pyrrole nitrogens is 1. The number of nitrogens with zero attached hydrogens (tertiary/aromatic N) is 1. The van der Waals surface area contributed by atoms with Crippen molar-refractivity contribution in [1.29, 1.82) is 0 Å². The van der Waals surface area contributed by atoms with Gasteiger partial charge in [0.05, 0.1) is 5.75 Å². The number of rotatable bonds is 8. The molecule has 0 aliphatic carbocycles. The van der Waals surface area contributed by atoms with Crippen molar-refractivity contribution in [3.05, 3.63) is 22.1 Å². The maximum atomic E-state index is 12.6. The van der Waals surface area contributed by atoms with E-state index in [2.05, 4.69) is 29.1 Å². The van der Waals surface area contributed by atoms with E-state index in [1.54, 1.807) is 0 Å². The minimum atomic E-state index is -4.70. The van der Waals surface area contributed by atoms with E-state index in [1.165, 1.54) is 0 Å². The highest BCUT2D eigenvalue weighted by molar-refractivity contribution is 7.99. The lowest BCUT2D eigenvalue weighted by molar-refractivity contribution is -0.141. The van der Waals surface area contributed by atoms with Gasteiger partial charge in [-0.15, -0.1) is 0 Å². The van der Waals surface area contributed by atoms with Crippen LogP contribution in [0.15, 0.2) is 16.0 Å². The van der Waals surface area contributed by atoms with Gasteiger partial charge in [-0.3, -0.25) is 9.59 Å². The fraction of sp³-hybridized carbons (Fsp3) is 0.667. The van der Waals surface area contributed by atoms with Crippen molar-refractivity contribution < 1.29 is 18.0 Å². The predicted molar refractivity (Wildman–Crippen MR) is 86.9 cm³/mol. The number of carbonyl (C=O) groups is 1. The first-order valence-corrected chi connectivity index (χ1v) is 8.67. The normalized spacial score (nSPS) is 13.1. The van der Waals surface area contributed by atoms with Crippen molar-refractivity contribution >= 4 is 17.7 Å². The first-order valence-electron chi connectivity index (χ1n) is 7.68. The number of thioether (sulfide) groups is 1. The predicted octanol–water partition coefficient (Wildman–Crippen LogP) is 3.21. The van der Waals surface area contributed by atoms with Crippen LogP contribution in [0.1, 0.15) is 45.7 Å². The number of carbonyl (C=O) groups excluding carboxylic acids is 1. The Labute approximate surface area is 142 Å². The van der Waals surface area contributed by atoms with E-state index < -0.39 is 17.4 Å². The second kappa shape index (κ2) is 9.10. The number of hydrogen-bond donors (Lipinski definition) is 2. The second-order valence-electron chi connectivity index (χ2n) is 6.02. The van der Waals surface area contributed by atoms with Gasteiger partial charge in [-0.1, -0.05) is 38.5 Å². The third kappa shape index (κ3) is 7.85. The molecule has 1 amide bonds. The van der Waals surface area contributed by atoms with Gasteiger partial charge in [-0.05, 0) is 19.3 Å². The third-order valence-corrected chi connectivity index (χ3v) is 4.05. The Morgan fingerprint density at radius 3 is 2.58 bits per heavy atom. The molecule has 2 N–H and O–H groups in total. The summed E-state index contributed by atoms with van der Waals surface area (Å²) in [6, 6.07) is 0.381. The van der Waals surface area contributed by atoms with Gasteiger partial charge >= 0.3 is 6.18 Å². The molecule has 0 aromatic carbocycles. The van der Waals surface area contributed by atoms with Crippen LogP contribution in [0.2, 0.25) is 0 Å². The Bertz CT molecular complexity index is 602. The minimum absolute atomic E-state index is 0.00892. The minimum Gasteiger partial charge on any atom is -0.353 e. The number of aromatic nitrogens is 2. The van der Waals surface area contributed by atoms with E-state index in [-0.39, 0.29) is 22.9 Å². The van der Waals surface area contributed by atoms with E-state index in [0.29, 0.717) is 12.0 Å². The van der Waals surface area contributed by atoms with Crippen LogP contribution in [0.25, 0.3) is 0 Å². The molecule has 0 aliphatic rings. The Kier molecular flexibility index (Phi) is 7.78. The van der Waals surface area contributed by atoms with Crippen molar-refractivity contribution in [3.63, 3.8) is 0 Å². The average molecular weight is 365 g/mol. The summed E-state index contributed by atoms with van der Waals surface area (Å²) >= 11 is 0.765. The molecule has 0 bridgehead atoms. The average Bonchev–Trinajstić information content (AvgIpc) is 2.43. The van der Waals surface area contributed by atoms with Gasteiger partial charge < -0.3 is 10.3 Å². The zero-order valence-electron chi connectivity index (χ0n) is 13.9. The van der Waals surface area contributed by atoms with Gasteiger partial charge in [0.25, 0.3) is 5.56 Å². The molecule has 9 heteroatoms. The van der Waals surface area contributed by atoms with Gasteiger partial charge in [0, 0.05) is 12.1 Å². The third-order valence-electron chi connectivity index (χ3n) is 3.18. The molecule has 1 aromatic heterocycles. The molecular formula is C15H22F3N3O2S. The topological polar surface area (TPSA) is 74.8 Å². The van der Waals surface area contributed by atoms with Crippen molar-refractivity contribution in [1.82, 2.24) is 15.3 Å². The number of alkyl halides is 3. The van der Waals surface area contributed by atoms with E-state index in [0.717, 1.165) is 31.0 Å². The summed E-state index contributed by atoms with van der Waals surface area (Å²) in [5.41, 5.74) is -2.17. The van der Waals surface area contributed by atoms with Crippen molar-refractivity contribution in [3.8, 4) is 0 Å². The molecule has 0 spiro atoms. The summed E-state index contributed by atoms with van der Waals surface area (Å²) in [5, 5.41) is 2.56. The summed E-state index contributed by atoms with van der Waals surface area (Å²) in [6.45, 7) is 6.14. The molecular weight excluding hydrogens is 343 g/mol. The van der Waals surface area contributed by atoms with Gasteiger partial charge in [0.2, 0.25) is 5.91 Å². The van der Waals surface area contributed by atoms with Crippen LogP contribution < -0.4 is 10.9 Å². The zero-order valence-corrected chi connectivity index (χ0v) is 14.7. The van der Waals surface area contributed by atoms with Crippen LogP contribution in [0, 0.1) is 5.92 Å². The number of hydrogen-bond acceptors (Lipinski definition) is 4. The molecule has 1 rings (SSSR count). The molecule has 0 fully saturated rings. The van der Waals surface area contributed by atoms with E-state index >= 15 is 0 Å². The first kappa shape index (κ1) is 20.5. The molecule has 24 heavy (non-hydrogen) atoms. The molecule has 1 unspecified atom stereocenters. The van der Waals surface area contributed by atoms with Gasteiger partial charge in [-0.2, -0.15) is 13.2 Å². The van der Waals surface area contributed by atoms with Crippen LogP contribution in [0.3, 0.4) is 0 Å². The maximum Gasteiger partial charge on any atom is 0.433 e. The molecule has 1 atom stereocenters. The molecule has 1 heterocycles. The van der Waals surface area contributed by atoms with Crippen molar-refractivity contribution in [2.45, 2.75) is 57.4 Å². The number of amides is 1. The second-order valence-corrected chi connectivity index (χ2v) is 6.98. The smallest absolute Gasteiger partial charge is 0.353 e. The zero-order chi connectivity index (χ0) is 18.3. The van der Waals surface area contributed by atoms with E-state index in [9.17, 15) is 22.8 Å². The van der Waals surface area contributed by atoms with Gasteiger partial charge in [0.1, 0.15) is 0 Å². The molecule has 0 saturated carbocycles. The highest BCUT2D eigenvalue weighted by atomic mass is 32.2. The van der Waals surface area contributed by atoms with Crippen LogP contribution in [0.5, 0.6) is 0 Å². The largest absolute Gasteiger partial charge is 0.433 e. The van der Waals surface area contributed by atoms with Gasteiger partial charge in [-0.25, -0.2) is 4.98 Å². The van der Waals surface area contributed by atoms with Crippen LogP contribution in [-0.2, 0) is 11.0 Å². The van der Waals surface area contributed by atoms with Crippen LogP contribution >= 0.6 is 11.8 Å². The Morgan fingerprint density at radius 1 is 1.33 bits per heavy atom. The van der Waals surface area contributed by atoms with Crippen molar-refractivity contribution in [2.75, 3.05) is 5.75 Å². The summed E-state index contributed by atoms with van der Waals surface area (Å²) < 4.78 is 37.8.